The van der Waals surface area contributed by atoms with Crippen LogP contribution in [-0.2, 0) is 4.79 Å². The lowest BCUT2D eigenvalue weighted by atomic mass is 9.87. The third-order valence-corrected chi connectivity index (χ3v) is 4.76. The molecule has 1 aliphatic rings. The van der Waals surface area contributed by atoms with Gasteiger partial charge < -0.3 is 9.63 Å². The van der Waals surface area contributed by atoms with Gasteiger partial charge in [0.05, 0.1) is 11.8 Å². The van der Waals surface area contributed by atoms with Crippen LogP contribution in [0.5, 0.6) is 0 Å². The smallest absolute Gasteiger partial charge is 0.255 e. The first-order chi connectivity index (χ1) is 13.2. The van der Waals surface area contributed by atoms with E-state index in [0.717, 1.165) is 31.2 Å². The molecule has 1 unspecified atom stereocenters. The summed E-state index contributed by atoms with van der Waals surface area (Å²) >= 11 is 0. The maximum absolute atomic E-state index is 12.4. The number of benzene rings is 1. The molecule has 0 spiro atoms. The largest absolute Gasteiger partial charge is 0.383 e. The van der Waals surface area contributed by atoms with Gasteiger partial charge in [-0.25, -0.2) is 0 Å². The highest BCUT2D eigenvalue weighted by atomic mass is 16.5. The molecule has 5 heteroatoms. The molecule has 1 aromatic carbocycles. The number of hydrogen-bond acceptors (Lipinski definition) is 4. The molecule has 2 aromatic rings. The Morgan fingerprint density at radius 1 is 1.22 bits per heavy atom. The zero-order valence-electron chi connectivity index (χ0n) is 16.1. The molecule has 1 aromatic heterocycles. The van der Waals surface area contributed by atoms with Gasteiger partial charge in [0, 0.05) is 0 Å². The van der Waals surface area contributed by atoms with E-state index in [-0.39, 0.29) is 11.8 Å². The van der Waals surface area contributed by atoms with E-state index >= 15 is 0 Å². The molecule has 1 heterocycles. The average molecular weight is 370 g/mol. The molecule has 1 aliphatic carbocycles. The number of carbonyl (C=O) groups is 1. The van der Waals surface area contributed by atoms with E-state index in [1.165, 1.54) is 19.3 Å². The predicted octanol–water partition coefficient (Wildman–Crippen LogP) is 5.19. The molecule has 1 atom stereocenters. The van der Waals surface area contributed by atoms with Gasteiger partial charge in [0.1, 0.15) is 6.10 Å². The summed E-state index contributed by atoms with van der Waals surface area (Å²) in [7, 11) is 0. The van der Waals surface area contributed by atoms with Crippen molar-refractivity contribution in [3.63, 3.8) is 0 Å². The SMILES string of the molecule is C=CC.O=C(Nc1oncc1-c1ccccc1)C(O)C1CCCCCCC1. The van der Waals surface area contributed by atoms with Crippen LogP contribution in [0.25, 0.3) is 11.1 Å². The van der Waals surface area contributed by atoms with Gasteiger partial charge in [-0.15, -0.1) is 6.58 Å². The Morgan fingerprint density at radius 2 is 1.81 bits per heavy atom. The number of allylic oxidation sites excluding steroid dienone is 1. The summed E-state index contributed by atoms with van der Waals surface area (Å²) < 4.78 is 5.18. The Morgan fingerprint density at radius 3 is 2.44 bits per heavy atom. The summed E-state index contributed by atoms with van der Waals surface area (Å²) in [4.78, 5) is 12.4. The number of hydrogen-bond donors (Lipinski definition) is 2. The van der Waals surface area contributed by atoms with E-state index in [0.29, 0.717) is 5.56 Å². The van der Waals surface area contributed by atoms with Crippen molar-refractivity contribution in [3.05, 3.63) is 49.2 Å². The second-order valence-corrected chi connectivity index (χ2v) is 6.88. The third kappa shape index (κ3) is 6.36. The highest BCUT2D eigenvalue weighted by Crippen LogP contribution is 2.29. The fourth-order valence-electron chi connectivity index (χ4n) is 3.36. The molecular formula is C22H30N2O3. The third-order valence-electron chi connectivity index (χ3n) is 4.76. The molecular weight excluding hydrogens is 340 g/mol. The normalized spacial score (nSPS) is 16.2. The summed E-state index contributed by atoms with van der Waals surface area (Å²) in [5.41, 5.74) is 1.63. The average Bonchev–Trinajstić information content (AvgIpc) is 3.10. The van der Waals surface area contributed by atoms with Crippen molar-refractivity contribution in [2.45, 2.75) is 58.0 Å². The number of carbonyl (C=O) groups excluding carboxylic acids is 1. The number of nitrogens with zero attached hydrogens (tertiary/aromatic N) is 1. The number of anilines is 1. The molecule has 146 valence electrons. The van der Waals surface area contributed by atoms with E-state index in [1.807, 2.05) is 37.3 Å². The van der Waals surface area contributed by atoms with Crippen molar-refractivity contribution in [2.75, 3.05) is 5.32 Å². The van der Waals surface area contributed by atoms with Gasteiger partial charge in [0.2, 0.25) is 5.88 Å². The Kier molecular flexibility index (Phi) is 8.78. The minimum atomic E-state index is -1.00. The molecule has 5 nitrogen and oxygen atoms in total. The van der Waals surface area contributed by atoms with E-state index in [1.54, 1.807) is 12.3 Å². The van der Waals surface area contributed by atoms with E-state index in [4.69, 9.17) is 4.52 Å². The summed E-state index contributed by atoms with van der Waals surface area (Å²) in [5.74, 6) is -0.0982. The second-order valence-electron chi connectivity index (χ2n) is 6.88. The van der Waals surface area contributed by atoms with Gasteiger partial charge in [-0.1, -0.05) is 73.7 Å². The first-order valence-corrected chi connectivity index (χ1v) is 9.73. The van der Waals surface area contributed by atoms with Crippen molar-refractivity contribution < 1.29 is 14.4 Å². The molecule has 1 amide bonds. The monoisotopic (exact) mass is 370 g/mol. The summed E-state index contributed by atoms with van der Waals surface area (Å²) in [6.45, 7) is 5.25. The van der Waals surface area contributed by atoms with Crippen LogP contribution in [0.1, 0.15) is 51.9 Å². The lowest BCUT2D eigenvalue weighted by Crippen LogP contribution is -2.35. The number of rotatable bonds is 4. The fourth-order valence-corrected chi connectivity index (χ4v) is 3.36. The minimum absolute atomic E-state index is 0.0217. The quantitative estimate of drug-likeness (QED) is 0.726. The van der Waals surface area contributed by atoms with Gasteiger partial charge >= 0.3 is 0 Å². The summed E-state index contributed by atoms with van der Waals surface area (Å²) in [6.07, 6.45) is 9.90. The Balaban J connectivity index is 0.000000817. The first-order valence-electron chi connectivity index (χ1n) is 9.73. The molecule has 2 N–H and O–H groups in total. The van der Waals surface area contributed by atoms with Crippen LogP contribution in [-0.4, -0.2) is 22.3 Å². The van der Waals surface area contributed by atoms with Crippen molar-refractivity contribution in [1.29, 1.82) is 0 Å². The minimum Gasteiger partial charge on any atom is -0.383 e. The highest BCUT2D eigenvalue weighted by Gasteiger charge is 2.27. The molecule has 1 saturated carbocycles. The van der Waals surface area contributed by atoms with Crippen LogP contribution in [0.4, 0.5) is 5.88 Å². The van der Waals surface area contributed by atoms with E-state index in [2.05, 4.69) is 17.1 Å². The van der Waals surface area contributed by atoms with Crippen LogP contribution in [0.2, 0.25) is 0 Å². The van der Waals surface area contributed by atoms with Gasteiger partial charge in [-0.2, -0.15) is 0 Å². The Hall–Kier alpha value is -2.40. The van der Waals surface area contributed by atoms with Crippen LogP contribution in [0.15, 0.2) is 53.7 Å². The number of nitrogens with one attached hydrogen (secondary N) is 1. The van der Waals surface area contributed by atoms with E-state index < -0.39 is 12.0 Å². The number of amides is 1. The first kappa shape index (κ1) is 20.9. The van der Waals surface area contributed by atoms with Gasteiger partial charge in [-0.05, 0) is 31.2 Å². The van der Waals surface area contributed by atoms with Crippen molar-refractivity contribution in [2.24, 2.45) is 5.92 Å². The predicted molar refractivity (Wildman–Crippen MR) is 108 cm³/mol. The molecule has 0 saturated heterocycles. The standard InChI is InChI=1S/C19H24N2O3.C3H6/c22-17(15-11-5-2-1-3-6-12-15)18(23)21-19-16(13-20-24-19)14-9-7-4-8-10-14;1-3-2/h4,7-10,13,15,17,22H,1-3,5-6,11-12H2,(H,21,23);3H,1H2,2H3. The molecule has 0 aliphatic heterocycles. The van der Waals surface area contributed by atoms with Gasteiger partial charge in [0.15, 0.2) is 0 Å². The van der Waals surface area contributed by atoms with Crippen molar-refractivity contribution >= 4 is 11.8 Å². The molecule has 1 fully saturated rings. The molecule has 0 bridgehead atoms. The molecule has 3 rings (SSSR count). The fraction of sp³-hybridized carbons (Fsp3) is 0.455. The summed E-state index contributed by atoms with van der Waals surface area (Å²) in [5, 5.41) is 16.9. The van der Waals surface area contributed by atoms with E-state index in [9.17, 15) is 9.90 Å². The summed E-state index contributed by atoms with van der Waals surface area (Å²) in [6, 6.07) is 9.60. The number of aromatic nitrogens is 1. The Labute approximate surface area is 161 Å². The van der Waals surface area contributed by atoms with Gasteiger partial charge in [-0.3, -0.25) is 10.1 Å². The maximum atomic E-state index is 12.4. The number of aliphatic hydroxyl groups excluding tert-OH is 1. The highest BCUT2D eigenvalue weighted by molar-refractivity contribution is 5.96. The van der Waals surface area contributed by atoms with Crippen molar-refractivity contribution in [1.82, 2.24) is 5.16 Å². The van der Waals surface area contributed by atoms with Crippen molar-refractivity contribution in [3.8, 4) is 11.1 Å². The second kappa shape index (κ2) is 11.3. The van der Waals surface area contributed by atoms with Crippen LogP contribution in [0, 0.1) is 5.92 Å². The molecule has 0 radical (unpaired) electrons. The molecule has 27 heavy (non-hydrogen) atoms. The Bertz CT molecular complexity index is 689. The topological polar surface area (TPSA) is 75.4 Å². The van der Waals surface area contributed by atoms with Gasteiger partial charge in [0.25, 0.3) is 5.91 Å². The lowest BCUT2D eigenvalue weighted by molar-refractivity contribution is -0.127. The zero-order valence-corrected chi connectivity index (χ0v) is 16.1. The number of aliphatic hydroxyl groups is 1. The maximum Gasteiger partial charge on any atom is 0.255 e. The van der Waals surface area contributed by atoms with Crippen LogP contribution >= 0.6 is 0 Å². The zero-order chi connectivity index (χ0) is 19.5. The van der Waals surface area contributed by atoms with Crippen LogP contribution in [0.3, 0.4) is 0 Å². The van der Waals surface area contributed by atoms with Crippen LogP contribution < -0.4 is 5.32 Å². The lowest BCUT2D eigenvalue weighted by Gasteiger charge is -2.23.